The van der Waals surface area contributed by atoms with Gasteiger partial charge in [-0.25, -0.2) is 4.79 Å². The smallest absolute Gasteiger partial charge is 0.335 e. The van der Waals surface area contributed by atoms with E-state index in [1.807, 2.05) is 13.8 Å². The minimum atomic E-state index is -0.967. The maximum atomic E-state index is 11.1. The molecule has 0 aliphatic heterocycles. The Morgan fingerprint density at radius 2 is 1.83 bits per heavy atom. The van der Waals surface area contributed by atoms with E-state index in [0.29, 0.717) is 0 Å². The molecule has 2 N–H and O–H groups in total. The molecule has 0 radical (unpaired) electrons. The van der Waals surface area contributed by atoms with Crippen LogP contribution >= 0.6 is 0 Å². The first-order valence-corrected chi connectivity index (χ1v) is 5.92. The summed E-state index contributed by atoms with van der Waals surface area (Å²) in [5.41, 5.74) is 2.71. The first-order valence-electron chi connectivity index (χ1n) is 5.92. The van der Waals surface area contributed by atoms with Crippen LogP contribution in [0.1, 0.15) is 46.3 Å². The van der Waals surface area contributed by atoms with E-state index in [2.05, 4.69) is 0 Å². The van der Waals surface area contributed by atoms with Crippen LogP contribution < -0.4 is 0 Å². The molecule has 18 heavy (non-hydrogen) atoms. The molecule has 1 saturated carbocycles. The highest BCUT2D eigenvalue weighted by molar-refractivity contribution is 5.88. The molecule has 1 aliphatic carbocycles. The first-order chi connectivity index (χ1) is 8.35. The Morgan fingerprint density at radius 3 is 2.28 bits per heavy atom. The monoisotopic (exact) mass is 248 g/mol. The van der Waals surface area contributed by atoms with E-state index in [1.165, 1.54) is 0 Å². The summed E-state index contributed by atoms with van der Waals surface area (Å²) in [6, 6.07) is 3.28. The van der Waals surface area contributed by atoms with Gasteiger partial charge in [0.15, 0.2) is 0 Å². The normalized spacial score (nSPS) is 16.3. The molecule has 4 heteroatoms. The molecule has 0 unspecified atom stereocenters. The van der Waals surface area contributed by atoms with Crippen molar-refractivity contribution in [1.82, 2.24) is 0 Å². The predicted octanol–water partition coefficient (Wildman–Crippen LogP) is 2.51. The van der Waals surface area contributed by atoms with E-state index >= 15 is 0 Å². The van der Waals surface area contributed by atoms with E-state index in [0.717, 1.165) is 29.5 Å². The van der Waals surface area contributed by atoms with Crippen LogP contribution in [0.3, 0.4) is 0 Å². The summed E-state index contributed by atoms with van der Waals surface area (Å²) in [5.74, 6) is -1.80. The maximum Gasteiger partial charge on any atom is 0.335 e. The van der Waals surface area contributed by atoms with Gasteiger partial charge in [0.2, 0.25) is 0 Å². The summed E-state index contributed by atoms with van der Waals surface area (Å²) in [5, 5.41) is 18.0. The fraction of sp³-hybridized carbons (Fsp3) is 0.429. The third kappa shape index (κ3) is 2.10. The van der Waals surface area contributed by atoms with Gasteiger partial charge in [-0.3, -0.25) is 4.79 Å². The molecule has 1 aromatic rings. The van der Waals surface area contributed by atoms with Crippen LogP contribution in [0.5, 0.6) is 0 Å². The average molecular weight is 248 g/mol. The Hall–Kier alpha value is -1.84. The van der Waals surface area contributed by atoms with Crippen molar-refractivity contribution < 1.29 is 19.8 Å². The Balaban J connectivity index is 2.50. The van der Waals surface area contributed by atoms with Crippen LogP contribution in [-0.4, -0.2) is 22.2 Å². The molecule has 1 aromatic carbocycles. The zero-order chi connectivity index (χ0) is 13.5. The highest BCUT2D eigenvalue weighted by atomic mass is 16.4. The van der Waals surface area contributed by atoms with E-state index in [1.54, 1.807) is 12.1 Å². The number of aliphatic carboxylic acids is 1. The zero-order valence-corrected chi connectivity index (χ0v) is 10.5. The molecule has 0 atom stereocenters. The molecule has 0 spiro atoms. The van der Waals surface area contributed by atoms with Crippen LogP contribution in [0.25, 0.3) is 0 Å². The molecular weight excluding hydrogens is 232 g/mol. The fourth-order valence-corrected chi connectivity index (χ4v) is 2.52. The van der Waals surface area contributed by atoms with Crippen LogP contribution in [0.2, 0.25) is 0 Å². The van der Waals surface area contributed by atoms with Gasteiger partial charge in [-0.15, -0.1) is 0 Å². The Bertz CT molecular complexity index is 527. The Morgan fingerprint density at radius 1 is 1.22 bits per heavy atom. The molecule has 0 amide bonds. The van der Waals surface area contributed by atoms with E-state index in [4.69, 9.17) is 10.2 Å². The van der Waals surface area contributed by atoms with Gasteiger partial charge in [0.05, 0.1) is 12.0 Å². The van der Waals surface area contributed by atoms with Gasteiger partial charge in [-0.1, -0.05) is 0 Å². The molecular formula is C14H16O4. The predicted molar refractivity (Wildman–Crippen MR) is 66.0 cm³/mol. The van der Waals surface area contributed by atoms with Crippen LogP contribution in [-0.2, 0) is 10.2 Å². The van der Waals surface area contributed by atoms with Gasteiger partial charge in [0.25, 0.3) is 0 Å². The van der Waals surface area contributed by atoms with Crippen molar-refractivity contribution in [2.45, 2.75) is 38.5 Å². The summed E-state index contributed by atoms with van der Waals surface area (Å²) in [6.45, 7) is 3.79. The summed E-state index contributed by atoms with van der Waals surface area (Å²) >= 11 is 0. The van der Waals surface area contributed by atoms with E-state index in [9.17, 15) is 9.59 Å². The van der Waals surface area contributed by atoms with Gasteiger partial charge in [0, 0.05) is 5.41 Å². The van der Waals surface area contributed by atoms with Crippen molar-refractivity contribution in [3.8, 4) is 0 Å². The van der Waals surface area contributed by atoms with Gasteiger partial charge in [0.1, 0.15) is 0 Å². The van der Waals surface area contributed by atoms with Crippen molar-refractivity contribution in [3.63, 3.8) is 0 Å². The van der Waals surface area contributed by atoms with Crippen molar-refractivity contribution >= 4 is 11.9 Å². The molecule has 1 aliphatic rings. The average Bonchev–Trinajstić information content (AvgIpc) is 3.01. The van der Waals surface area contributed by atoms with E-state index < -0.39 is 11.9 Å². The second-order valence-electron chi connectivity index (χ2n) is 5.12. The lowest BCUT2D eigenvalue weighted by molar-refractivity contribution is -0.137. The fourth-order valence-electron chi connectivity index (χ4n) is 2.52. The number of carboxylic acid groups (broad SMARTS) is 2. The quantitative estimate of drug-likeness (QED) is 0.858. The summed E-state index contributed by atoms with van der Waals surface area (Å²) in [6.07, 6.45) is 1.72. The van der Waals surface area contributed by atoms with Crippen LogP contribution in [0.4, 0.5) is 0 Å². The van der Waals surface area contributed by atoms with Crippen LogP contribution in [0, 0.1) is 13.8 Å². The third-order valence-corrected chi connectivity index (χ3v) is 3.83. The number of benzene rings is 1. The summed E-state index contributed by atoms with van der Waals surface area (Å²) in [7, 11) is 0. The number of rotatable bonds is 4. The summed E-state index contributed by atoms with van der Waals surface area (Å²) in [4.78, 5) is 22.0. The Labute approximate surface area is 105 Å². The highest BCUT2D eigenvalue weighted by Crippen LogP contribution is 2.52. The molecule has 0 aromatic heterocycles. The minimum Gasteiger partial charge on any atom is -0.481 e. The molecule has 0 heterocycles. The van der Waals surface area contributed by atoms with E-state index in [-0.39, 0.29) is 17.4 Å². The van der Waals surface area contributed by atoms with Crippen molar-refractivity contribution in [2.75, 3.05) is 0 Å². The van der Waals surface area contributed by atoms with Crippen molar-refractivity contribution in [2.24, 2.45) is 0 Å². The molecule has 2 rings (SSSR count). The van der Waals surface area contributed by atoms with Crippen LogP contribution in [0.15, 0.2) is 12.1 Å². The number of aryl methyl sites for hydroxylation is 1. The first kappa shape index (κ1) is 12.6. The molecule has 0 saturated heterocycles. The second-order valence-corrected chi connectivity index (χ2v) is 5.12. The Kier molecular flexibility index (Phi) is 2.89. The maximum absolute atomic E-state index is 11.1. The molecule has 96 valence electrons. The molecule has 0 bridgehead atoms. The molecule has 1 fully saturated rings. The minimum absolute atomic E-state index is 0.0797. The van der Waals surface area contributed by atoms with Gasteiger partial charge < -0.3 is 10.2 Å². The topological polar surface area (TPSA) is 74.6 Å². The molecule has 4 nitrogen and oxygen atoms in total. The highest BCUT2D eigenvalue weighted by Gasteiger charge is 2.47. The largest absolute Gasteiger partial charge is 0.481 e. The van der Waals surface area contributed by atoms with Crippen molar-refractivity contribution in [3.05, 3.63) is 34.4 Å². The number of aromatic carboxylic acids is 1. The number of hydrogen-bond donors (Lipinski definition) is 2. The lowest BCUT2D eigenvalue weighted by Gasteiger charge is -2.18. The number of carbonyl (C=O) groups is 2. The van der Waals surface area contributed by atoms with Gasteiger partial charge in [-0.2, -0.15) is 0 Å². The van der Waals surface area contributed by atoms with Crippen molar-refractivity contribution in [1.29, 1.82) is 0 Å². The zero-order valence-electron chi connectivity index (χ0n) is 10.5. The second kappa shape index (κ2) is 4.12. The number of hydrogen-bond acceptors (Lipinski definition) is 2. The summed E-state index contributed by atoms with van der Waals surface area (Å²) < 4.78 is 0. The lowest BCUT2D eigenvalue weighted by atomic mass is 9.85. The SMILES string of the molecule is Cc1cc(C(=O)O)cc(C2(CC(=O)O)CC2)c1C. The standard InChI is InChI=1S/C14H16O4/c1-8-5-10(13(17)18)6-11(9(8)2)14(3-4-14)7-12(15)16/h5-6H,3-4,7H2,1-2H3,(H,15,16)(H,17,18). The third-order valence-electron chi connectivity index (χ3n) is 3.83. The lowest BCUT2D eigenvalue weighted by Crippen LogP contribution is -2.16. The number of carboxylic acids is 2. The van der Waals surface area contributed by atoms with Gasteiger partial charge >= 0.3 is 11.9 Å². The van der Waals surface area contributed by atoms with Gasteiger partial charge in [-0.05, 0) is 55.5 Å².